The Balaban J connectivity index is 1.82. The van der Waals surface area contributed by atoms with Crippen LogP contribution in [0.2, 0.25) is 0 Å². The fraction of sp³-hybridized carbons (Fsp3) is 0.312. The van der Waals surface area contributed by atoms with E-state index in [9.17, 15) is 5.11 Å². The number of thioether (sulfide) groups is 1. The van der Waals surface area contributed by atoms with Crippen molar-refractivity contribution in [2.45, 2.75) is 30.8 Å². The van der Waals surface area contributed by atoms with Crippen LogP contribution >= 0.6 is 11.8 Å². The first kappa shape index (κ1) is 14.1. The van der Waals surface area contributed by atoms with Gasteiger partial charge in [-0.2, -0.15) is 0 Å². The molecule has 1 unspecified atom stereocenters. The van der Waals surface area contributed by atoms with Gasteiger partial charge in [-0.1, -0.05) is 31.2 Å². The van der Waals surface area contributed by atoms with Crippen LogP contribution in [0.3, 0.4) is 0 Å². The first-order valence-electron chi connectivity index (χ1n) is 6.57. The van der Waals surface area contributed by atoms with Crippen molar-refractivity contribution < 1.29 is 5.11 Å². The summed E-state index contributed by atoms with van der Waals surface area (Å²) >= 11 is 1.68. The standard InChI is InChI=1S/C16H19NOS/c1-2-13-8-9-14(17-11-13)10-15(18)12-19-16-6-4-3-5-7-16/h3-9,11,15,18H,2,10,12H2,1H3. The zero-order valence-electron chi connectivity index (χ0n) is 11.1. The van der Waals surface area contributed by atoms with Gasteiger partial charge in [-0.15, -0.1) is 11.8 Å². The second-order valence-electron chi connectivity index (χ2n) is 4.49. The van der Waals surface area contributed by atoms with Gasteiger partial charge in [0, 0.05) is 29.0 Å². The highest BCUT2D eigenvalue weighted by molar-refractivity contribution is 7.99. The molecule has 0 saturated carbocycles. The molecule has 0 fully saturated rings. The second-order valence-corrected chi connectivity index (χ2v) is 5.59. The molecule has 100 valence electrons. The lowest BCUT2D eigenvalue weighted by Crippen LogP contribution is -2.14. The molecule has 0 spiro atoms. The lowest BCUT2D eigenvalue weighted by atomic mass is 10.1. The Morgan fingerprint density at radius 1 is 1.16 bits per heavy atom. The number of aliphatic hydroxyl groups is 1. The average Bonchev–Trinajstić information content (AvgIpc) is 2.47. The molecule has 1 N–H and O–H groups in total. The van der Waals surface area contributed by atoms with E-state index in [-0.39, 0.29) is 6.10 Å². The first-order valence-corrected chi connectivity index (χ1v) is 7.56. The van der Waals surface area contributed by atoms with Crippen LogP contribution in [0.4, 0.5) is 0 Å². The van der Waals surface area contributed by atoms with E-state index >= 15 is 0 Å². The summed E-state index contributed by atoms with van der Waals surface area (Å²) in [6, 6.07) is 14.2. The predicted octanol–water partition coefficient (Wildman–Crippen LogP) is 3.34. The summed E-state index contributed by atoms with van der Waals surface area (Å²) in [5.74, 6) is 0.696. The molecule has 1 aromatic carbocycles. The minimum Gasteiger partial charge on any atom is -0.392 e. The summed E-state index contributed by atoms with van der Waals surface area (Å²) in [6.07, 6.45) is 3.15. The number of hydrogen-bond acceptors (Lipinski definition) is 3. The second kappa shape index (κ2) is 7.31. The molecule has 0 aliphatic carbocycles. The number of aryl methyl sites for hydroxylation is 1. The predicted molar refractivity (Wildman–Crippen MR) is 80.5 cm³/mol. The quantitative estimate of drug-likeness (QED) is 0.819. The molecule has 0 radical (unpaired) electrons. The monoisotopic (exact) mass is 273 g/mol. The summed E-state index contributed by atoms with van der Waals surface area (Å²) < 4.78 is 0. The van der Waals surface area contributed by atoms with Gasteiger partial charge in [-0.05, 0) is 30.2 Å². The van der Waals surface area contributed by atoms with Crippen LogP contribution in [0.15, 0.2) is 53.6 Å². The third-order valence-corrected chi connectivity index (χ3v) is 4.08. The molecule has 0 aliphatic rings. The van der Waals surface area contributed by atoms with Crippen molar-refractivity contribution in [1.29, 1.82) is 0 Å². The number of rotatable bonds is 6. The van der Waals surface area contributed by atoms with Crippen molar-refractivity contribution in [2.24, 2.45) is 0 Å². The molecular formula is C16H19NOS. The molecular weight excluding hydrogens is 254 g/mol. The SMILES string of the molecule is CCc1ccc(CC(O)CSc2ccccc2)nc1. The molecule has 0 bridgehead atoms. The van der Waals surface area contributed by atoms with Gasteiger partial charge in [0.05, 0.1) is 6.10 Å². The smallest absolute Gasteiger partial charge is 0.0689 e. The molecule has 1 heterocycles. The van der Waals surface area contributed by atoms with Crippen LogP contribution in [0.1, 0.15) is 18.2 Å². The first-order chi connectivity index (χ1) is 9.28. The Hall–Kier alpha value is -1.32. The van der Waals surface area contributed by atoms with Gasteiger partial charge in [0.15, 0.2) is 0 Å². The number of nitrogens with zero attached hydrogens (tertiary/aromatic N) is 1. The third-order valence-electron chi connectivity index (χ3n) is 2.92. The Labute approximate surface area is 118 Å². The summed E-state index contributed by atoms with van der Waals surface area (Å²) in [6.45, 7) is 2.11. The summed E-state index contributed by atoms with van der Waals surface area (Å²) in [5.41, 5.74) is 2.19. The van der Waals surface area contributed by atoms with Gasteiger partial charge in [-0.3, -0.25) is 4.98 Å². The Morgan fingerprint density at radius 2 is 1.95 bits per heavy atom. The minimum atomic E-state index is -0.356. The van der Waals surface area contributed by atoms with Crippen LogP contribution in [0.25, 0.3) is 0 Å². The van der Waals surface area contributed by atoms with Crippen molar-refractivity contribution in [3.05, 3.63) is 59.9 Å². The highest BCUT2D eigenvalue weighted by atomic mass is 32.2. The Kier molecular flexibility index (Phi) is 5.43. The molecule has 1 aromatic heterocycles. The van der Waals surface area contributed by atoms with Gasteiger partial charge in [0.25, 0.3) is 0 Å². The maximum atomic E-state index is 10.0. The van der Waals surface area contributed by atoms with Crippen molar-refractivity contribution in [1.82, 2.24) is 4.98 Å². The van der Waals surface area contributed by atoms with E-state index in [2.05, 4.69) is 30.1 Å². The van der Waals surface area contributed by atoms with E-state index in [1.54, 1.807) is 11.8 Å². The van der Waals surface area contributed by atoms with Crippen molar-refractivity contribution in [2.75, 3.05) is 5.75 Å². The fourth-order valence-corrected chi connectivity index (χ4v) is 2.65. The van der Waals surface area contributed by atoms with Crippen LogP contribution in [-0.2, 0) is 12.8 Å². The normalized spacial score (nSPS) is 12.3. The lowest BCUT2D eigenvalue weighted by molar-refractivity contribution is 0.199. The van der Waals surface area contributed by atoms with E-state index < -0.39 is 0 Å². The number of aromatic nitrogens is 1. The van der Waals surface area contributed by atoms with E-state index in [4.69, 9.17) is 0 Å². The van der Waals surface area contributed by atoms with E-state index in [0.717, 1.165) is 12.1 Å². The number of aliphatic hydroxyl groups excluding tert-OH is 1. The van der Waals surface area contributed by atoms with Gasteiger partial charge in [-0.25, -0.2) is 0 Å². The fourth-order valence-electron chi connectivity index (χ4n) is 1.79. The summed E-state index contributed by atoms with van der Waals surface area (Å²) in [5, 5.41) is 10.0. The average molecular weight is 273 g/mol. The van der Waals surface area contributed by atoms with Crippen LogP contribution in [0, 0.1) is 0 Å². The van der Waals surface area contributed by atoms with Crippen molar-refractivity contribution >= 4 is 11.8 Å². The Morgan fingerprint density at radius 3 is 2.58 bits per heavy atom. The topological polar surface area (TPSA) is 33.1 Å². The number of hydrogen-bond donors (Lipinski definition) is 1. The summed E-state index contributed by atoms with van der Waals surface area (Å²) in [4.78, 5) is 5.57. The lowest BCUT2D eigenvalue weighted by Gasteiger charge is -2.10. The van der Waals surface area contributed by atoms with Gasteiger partial charge in [0.1, 0.15) is 0 Å². The molecule has 3 heteroatoms. The molecule has 19 heavy (non-hydrogen) atoms. The highest BCUT2D eigenvalue weighted by Crippen LogP contribution is 2.18. The number of pyridine rings is 1. The molecule has 2 aromatic rings. The largest absolute Gasteiger partial charge is 0.392 e. The highest BCUT2D eigenvalue weighted by Gasteiger charge is 2.07. The molecule has 2 rings (SSSR count). The molecule has 0 saturated heterocycles. The van der Waals surface area contributed by atoms with Gasteiger partial charge >= 0.3 is 0 Å². The summed E-state index contributed by atoms with van der Waals surface area (Å²) in [7, 11) is 0. The van der Waals surface area contributed by atoms with Gasteiger partial charge in [0.2, 0.25) is 0 Å². The van der Waals surface area contributed by atoms with E-state index in [1.165, 1.54) is 10.5 Å². The van der Waals surface area contributed by atoms with E-state index in [0.29, 0.717) is 12.2 Å². The van der Waals surface area contributed by atoms with Crippen LogP contribution in [-0.4, -0.2) is 21.9 Å². The van der Waals surface area contributed by atoms with Crippen molar-refractivity contribution in [3.8, 4) is 0 Å². The zero-order valence-corrected chi connectivity index (χ0v) is 11.9. The van der Waals surface area contributed by atoms with Crippen LogP contribution < -0.4 is 0 Å². The Bertz CT molecular complexity index is 484. The van der Waals surface area contributed by atoms with E-state index in [1.807, 2.05) is 30.5 Å². The minimum absolute atomic E-state index is 0.356. The molecule has 0 amide bonds. The number of benzene rings is 1. The maximum absolute atomic E-state index is 10.0. The molecule has 1 atom stereocenters. The maximum Gasteiger partial charge on any atom is 0.0689 e. The third kappa shape index (κ3) is 4.69. The van der Waals surface area contributed by atoms with Gasteiger partial charge < -0.3 is 5.11 Å². The molecule has 2 nitrogen and oxygen atoms in total. The van der Waals surface area contributed by atoms with Crippen molar-refractivity contribution in [3.63, 3.8) is 0 Å². The molecule has 0 aliphatic heterocycles. The van der Waals surface area contributed by atoms with Crippen LogP contribution in [0.5, 0.6) is 0 Å². The zero-order chi connectivity index (χ0) is 13.5.